The summed E-state index contributed by atoms with van der Waals surface area (Å²) in [7, 11) is 2.35. The highest BCUT2D eigenvalue weighted by atomic mass is 16.6. The van der Waals surface area contributed by atoms with Crippen LogP contribution in [0.15, 0.2) is 30.3 Å². The second kappa shape index (κ2) is 10.7. The lowest BCUT2D eigenvalue weighted by Crippen LogP contribution is -2.43. The van der Waals surface area contributed by atoms with E-state index in [9.17, 15) is 19.5 Å². The molecule has 0 amide bonds. The summed E-state index contributed by atoms with van der Waals surface area (Å²) in [5, 5.41) is 10.8. The summed E-state index contributed by atoms with van der Waals surface area (Å²) >= 11 is 0. The smallest absolute Gasteiger partial charge is 0.351 e. The molecule has 0 unspecified atom stereocenters. The summed E-state index contributed by atoms with van der Waals surface area (Å²) in [6.07, 6.45) is -0.604. The molecule has 7 nitrogen and oxygen atoms in total. The van der Waals surface area contributed by atoms with Crippen molar-refractivity contribution in [1.82, 2.24) is 0 Å². The molecule has 1 rings (SSSR count). The predicted molar refractivity (Wildman–Crippen MR) is 97.6 cm³/mol. The molecule has 0 spiro atoms. The number of methoxy groups -OCH3 is 2. The van der Waals surface area contributed by atoms with Gasteiger partial charge in [0.1, 0.15) is 0 Å². The Hall–Kier alpha value is -2.41. The van der Waals surface area contributed by atoms with Gasteiger partial charge in [-0.3, -0.25) is 4.79 Å². The number of hydrogen-bond donors (Lipinski definition) is 1. The van der Waals surface area contributed by atoms with Crippen molar-refractivity contribution in [2.75, 3.05) is 14.2 Å². The van der Waals surface area contributed by atoms with E-state index >= 15 is 0 Å². The van der Waals surface area contributed by atoms with E-state index in [1.165, 1.54) is 14.2 Å². The molecule has 0 aliphatic carbocycles. The minimum absolute atomic E-state index is 0.0157. The highest BCUT2D eigenvalue weighted by molar-refractivity contribution is 5.88. The van der Waals surface area contributed by atoms with Crippen molar-refractivity contribution in [3.05, 3.63) is 35.9 Å². The SMILES string of the molecule is COC(=O)C[C@](O)(CCCC(C)C)C(=O)O[C@H](C(=O)OC)c1ccccc1. The number of carbonyl (C=O) groups excluding carboxylic acids is 3. The van der Waals surface area contributed by atoms with Crippen LogP contribution in [0.1, 0.15) is 51.2 Å². The lowest BCUT2D eigenvalue weighted by molar-refractivity contribution is -0.184. The summed E-state index contributed by atoms with van der Waals surface area (Å²) in [6, 6.07) is 8.32. The molecule has 0 heterocycles. The van der Waals surface area contributed by atoms with Gasteiger partial charge in [0.05, 0.1) is 20.6 Å². The third-order valence-corrected chi connectivity index (χ3v) is 4.16. The Morgan fingerprint density at radius 1 is 1.07 bits per heavy atom. The van der Waals surface area contributed by atoms with Gasteiger partial charge in [-0.05, 0) is 18.8 Å². The summed E-state index contributed by atoms with van der Waals surface area (Å²) < 4.78 is 14.6. The molecule has 0 saturated heterocycles. The van der Waals surface area contributed by atoms with Crippen molar-refractivity contribution in [1.29, 1.82) is 0 Å². The van der Waals surface area contributed by atoms with Gasteiger partial charge in [0.2, 0.25) is 6.10 Å². The van der Waals surface area contributed by atoms with E-state index in [4.69, 9.17) is 9.47 Å². The van der Waals surface area contributed by atoms with Crippen LogP contribution in [0, 0.1) is 5.92 Å². The van der Waals surface area contributed by atoms with Gasteiger partial charge in [-0.1, -0.05) is 50.6 Å². The summed E-state index contributed by atoms with van der Waals surface area (Å²) in [5.41, 5.74) is -1.68. The van der Waals surface area contributed by atoms with Gasteiger partial charge in [-0.2, -0.15) is 0 Å². The first-order valence-corrected chi connectivity index (χ1v) is 8.86. The number of ether oxygens (including phenoxy) is 3. The molecule has 0 bridgehead atoms. The van der Waals surface area contributed by atoms with Crippen molar-refractivity contribution in [3.8, 4) is 0 Å². The molecule has 2 atom stereocenters. The molecule has 7 heteroatoms. The normalized spacial score (nSPS) is 14.1. The maximum absolute atomic E-state index is 12.7. The number of hydrogen-bond acceptors (Lipinski definition) is 7. The van der Waals surface area contributed by atoms with Gasteiger partial charge in [-0.15, -0.1) is 0 Å². The Bertz CT molecular complexity index is 626. The minimum Gasteiger partial charge on any atom is -0.469 e. The topological polar surface area (TPSA) is 99.1 Å². The number of aliphatic hydroxyl groups is 1. The van der Waals surface area contributed by atoms with Gasteiger partial charge >= 0.3 is 17.9 Å². The summed E-state index contributed by atoms with van der Waals surface area (Å²) in [5.74, 6) is -2.21. The summed E-state index contributed by atoms with van der Waals surface area (Å²) in [4.78, 5) is 36.5. The van der Waals surface area contributed by atoms with Crippen LogP contribution in [0.3, 0.4) is 0 Å². The number of carbonyl (C=O) groups is 3. The highest BCUT2D eigenvalue weighted by Gasteiger charge is 2.42. The Morgan fingerprint density at radius 2 is 1.70 bits per heavy atom. The molecule has 1 N–H and O–H groups in total. The zero-order valence-electron chi connectivity index (χ0n) is 16.3. The standard InChI is InChI=1S/C20H28O7/c1-14(2)9-8-12-20(24,13-16(21)25-3)19(23)27-17(18(22)26-4)15-10-6-5-7-11-15/h5-7,10-11,14,17,24H,8-9,12-13H2,1-4H3/t17-,20+/m0/s1. The molecule has 0 aromatic heterocycles. The fourth-order valence-electron chi connectivity index (χ4n) is 2.58. The monoisotopic (exact) mass is 380 g/mol. The Balaban J connectivity index is 3.03. The van der Waals surface area contributed by atoms with Gasteiger partial charge in [0.15, 0.2) is 5.60 Å². The van der Waals surface area contributed by atoms with E-state index in [1.807, 2.05) is 13.8 Å². The molecule has 0 saturated carbocycles. The maximum atomic E-state index is 12.7. The molecule has 27 heavy (non-hydrogen) atoms. The highest BCUT2D eigenvalue weighted by Crippen LogP contribution is 2.27. The van der Waals surface area contributed by atoms with E-state index in [-0.39, 0.29) is 6.42 Å². The Kier molecular flexibility index (Phi) is 8.94. The van der Waals surface area contributed by atoms with Crippen molar-refractivity contribution >= 4 is 17.9 Å². The van der Waals surface area contributed by atoms with Crippen LogP contribution >= 0.6 is 0 Å². The van der Waals surface area contributed by atoms with Crippen LogP contribution in [0.5, 0.6) is 0 Å². The van der Waals surface area contributed by atoms with E-state index in [1.54, 1.807) is 30.3 Å². The van der Waals surface area contributed by atoms with Crippen LogP contribution in [-0.4, -0.2) is 42.8 Å². The number of benzene rings is 1. The maximum Gasteiger partial charge on any atom is 0.351 e. The Labute approximate surface area is 159 Å². The van der Waals surface area contributed by atoms with Crippen molar-refractivity contribution < 1.29 is 33.7 Å². The molecule has 0 aliphatic rings. The zero-order valence-corrected chi connectivity index (χ0v) is 16.3. The molecule has 1 aromatic carbocycles. The van der Waals surface area contributed by atoms with Gasteiger partial charge in [0.25, 0.3) is 0 Å². The van der Waals surface area contributed by atoms with Crippen molar-refractivity contribution in [2.45, 2.75) is 51.2 Å². The van der Waals surface area contributed by atoms with Crippen LogP contribution in [0.2, 0.25) is 0 Å². The largest absolute Gasteiger partial charge is 0.469 e. The fraction of sp³-hybridized carbons (Fsp3) is 0.550. The van der Waals surface area contributed by atoms with E-state index in [0.29, 0.717) is 17.9 Å². The van der Waals surface area contributed by atoms with E-state index in [0.717, 1.165) is 6.42 Å². The molecular formula is C20H28O7. The zero-order chi connectivity index (χ0) is 20.4. The van der Waals surface area contributed by atoms with Gasteiger partial charge in [-0.25, -0.2) is 9.59 Å². The van der Waals surface area contributed by atoms with Crippen LogP contribution in [0.25, 0.3) is 0 Å². The first-order valence-electron chi connectivity index (χ1n) is 8.86. The van der Waals surface area contributed by atoms with E-state index in [2.05, 4.69) is 4.74 Å². The average molecular weight is 380 g/mol. The molecule has 0 radical (unpaired) electrons. The number of esters is 3. The minimum atomic E-state index is -2.08. The quantitative estimate of drug-likeness (QED) is 0.492. The fourth-order valence-corrected chi connectivity index (χ4v) is 2.58. The van der Waals surface area contributed by atoms with Crippen LogP contribution in [0.4, 0.5) is 0 Å². The molecule has 0 aliphatic heterocycles. The van der Waals surface area contributed by atoms with Gasteiger partial charge < -0.3 is 19.3 Å². The third kappa shape index (κ3) is 7.02. The lowest BCUT2D eigenvalue weighted by atomic mass is 9.91. The first-order chi connectivity index (χ1) is 12.7. The average Bonchev–Trinajstić information content (AvgIpc) is 2.65. The second-order valence-corrected chi connectivity index (χ2v) is 6.79. The van der Waals surface area contributed by atoms with Gasteiger partial charge in [0, 0.05) is 5.56 Å². The van der Waals surface area contributed by atoms with Crippen molar-refractivity contribution in [3.63, 3.8) is 0 Å². The van der Waals surface area contributed by atoms with Crippen molar-refractivity contribution in [2.24, 2.45) is 5.92 Å². The Morgan fingerprint density at radius 3 is 2.22 bits per heavy atom. The molecule has 1 aromatic rings. The van der Waals surface area contributed by atoms with Crippen LogP contribution in [-0.2, 0) is 28.6 Å². The molecule has 0 fully saturated rings. The first kappa shape index (κ1) is 22.6. The second-order valence-electron chi connectivity index (χ2n) is 6.79. The molecule has 150 valence electrons. The predicted octanol–water partition coefficient (Wildman–Crippen LogP) is 2.56. The van der Waals surface area contributed by atoms with E-state index < -0.39 is 36.0 Å². The van der Waals surface area contributed by atoms with Crippen LogP contribution < -0.4 is 0 Å². The summed E-state index contributed by atoms with van der Waals surface area (Å²) in [6.45, 7) is 4.03. The third-order valence-electron chi connectivity index (χ3n) is 4.16. The lowest BCUT2D eigenvalue weighted by Gasteiger charge is -2.27. The molecular weight excluding hydrogens is 352 g/mol. The number of rotatable bonds is 10.